The van der Waals surface area contributed by atoms with Crippen LogP contribution in [0.5, 0.6) is 0 Å². The highest BCUT2D eigenvalue weighted by atomic mass is 16.5. The van der Waals surface area contributed by atoms with E-state index < -0.39 is 0 Å². The van der Waals surface area contributed by atoms with E-state index in [-0.39, 0.29) is 6.61 Å². The molecule has 0 aromatic rings. The van der Waals surface area contributed by atoms with Crippen molar-refractivity contribution in [1.29, 1.82) is 0 Å². The van der Waals surface area contributed by atoms with Crippen LogP contribution in [0.1, 0.15) is 19.3 Å². The highest BCUT2D eigenvalue weighted by Crippen LogP contribution is 1.87. The van der Waals surface area contributed by atoms with Crippen molar-refractivity contribution in [1.82, 2.24) is 0 Å². The van der Waals surface area contributed by atoms with Crippen molar-refractivity contribution in [2.75, 3.05) is 19.8 Å². The first-order valence-corrected chi connectivity index (χ1v) is 3.54. The molecule has 60 valence electrons. The van der Waals surface area contributed by atoms with Crippen LogP contribution in [0, 0.1) is 0 Å². The van der Waals surface area contributed by atoms with Gasteiger partial charge in [0.15, 0.2) is 0 Å². The Morgan fingerprint density at radius 1 is 1.30 bits per heavy atom. The van der Waals surface area contributed by atoms with E-state index in [0.717, 1.165) is 12.7 Å². The van der Waals surface area contributed by atoms with E-state index in [1.54, 1.807) is 0 Å². The Labute approximate surface area is 61.0 Å². The molecule has 0 aromatic carbocycles. The van der Waals surface area contributed by atoms with Crippen LogP contribution < -0.4 is 0 Å². The zero-order chi connectivity index (χ0) is 7.66. The maximum Gasteiger partial charge on any atom is 0.120 e. The Kier molecular flexibility index (Phi) is 8.24. The van der Waals surface area contributed by atoms with Crippen LogP contribution in [0.4, 0.5) is 0 Å². The smallest absolute Gasteiger partial charge is 0.120 e. The van der Waals surface area contributed by atoms with Crippen molar-refractivity contribution in [2.45, 2.75) is 19.3 Å². The van der Waals surface area contributed by atoms with Gasteiger partial charge in [-0.3, -0.25) is 0 Å². The highest BCUT2D eigenvalue weighted by molar-refractivity contribution is 5.48. The Bertz CT molecular complexity index is 73.3. The molecule has 1 N–H and O–H groups in total. The average molecular weight is 146 g/mol. The molecule has 0 bridgehead atoms. The zero-order valence-electron chi connectivity index (χ0n) is 6.08. The van der Waals surface area contributed by atoms with Crippen LogP contribution in [-0.2, 0) is 9.53 Å². The van der Waals surface area contributed by atoms with Gasteiger partial charge in [0.2, 0.25) is 0 Å². The lowest BCUT2D eigenvalue weighted by molar-refractivity contribution is -0.108. The topological polar surface area (TPSA) is 46.5 Å². The summed E-state index contributed by atoms with van der Waals surface area (Å²) in [7, 11) is 0. The van der Waals surface area contributed by atoms with E-state index in [0.29, 0.717) is 26.1 Å². The summed E-state index contributed by atoms with van der Waals surface area (Å²) in [6.45, 7) is 1.39. The van der Waals surface area contributed by atoms with Gasteiger partial charge in [0.05, 0.1) is 0 Å². The molecular weight excluding hydrogens is 132 g/mol. The largest absolute Gasteiger partial charge is 0.396 e. The third-order valence-electron chi connectivity index (χ3n) is 1.06. The Hall–Kier alpha value is -0.410. The van der Waals surface area contributed by atoms with Crippen LogP contribution in [0.15, 0.2) is 0 Å². The lowest BCUT2D eigenvalue weighted by atomic mass is 10.3. The third-order valence-corrected chi connectivity index (χ3v) is 1.06. The van der Waals surface area contributed by atoms with Crippen LogP contribution in [0.3, 0.4) is 0 Å². The molecule has 0 aliphatic heterocycles. The first-order valence-electron chi connectivity index (χ1n) is 3.54. The van der Waals surface area contributed by atoms with Crippen LogP contribution >= 0.6 is 0 Å². The first-order chi connectivity index (χ1) is 4.91. The fourth-order valence-corrected chi connectivity index (χ4v) is 0.537. The van der Waals surface area contributed by atoms with Crippen LogP contribution in [0.25, 0.3) is 0 Å². The van der Waals surface area contributed by atoms with Gasteiger partial charge >= 0.3 is 0 Å². The molecule has 0 fully saturated rings. The lowest BCUT2D eigenvalue weighted by Crippen LogP contribution is -1.98. The predicted molar refractivity (Wildman–Crippen MR) is 37.8 cm³/mol. The molecule has 0 saturated heterocycles. The number of aliphatic hydroxyl groups excluding tert-OH is 1. The number of aliphatic hydroxyl groups is 1. The Balaban J connectivity index is 2.70. The SMILES string of the molecule is O=CCCCOCCCO. The molecule has 0 spiro atoms. The quantitative estimate of drug-likeness (QED) is 0.417. The molecular formula is C7H14O3. The molecule has 0 atom stereocenters. The molecule has 10 heavy (non-hydrogen) atoms. The molecule has 0 aliphatic carbocycles. The highest BCUT2D eigenvalue weighted by Gasteiger charge is 1.87. The number of aldehydes is 1. The second-order valence-electron chi connectivity index (χ2n) is 2.00. The number of hydrogen-bond donors (Lipinski definition) is 1. The summed E-state index contributed by atoms with van der Waals surface area (Å²) in [4.78, 5) is 9.80. The molecule has 0 rings (SSSR count). The van der Waals surface area contributed by atoms with E-state index in [4.69, 9.17) is 9.84 Å². The van der Waals surface area contributed by atoms with E-state index in [2.05, 4.69) is 0 Å². The maximum absolute atomic E-state index is 9.80. The van der Waals surface area contributed by atoms with Crippen molar-refractivity contribution in [3.8, 4) is 0 Å². The van der Waals surface area contributed by atoms with Crippen molar-refractivity contribution in [3.05, 3.63) is 0 Å². The minimum atomic E-state index is 0.174. The lowest BCUT2D eigenvalue weighted by Gasteiger charge is -1.99. The Morgan fingerprint density at radius 3 is 2.60 bits per heavy atom. The van der Waals surface area contributed by atoms with Gasteiger partial charge in [-0.05, 0) is 12.8 Å². The fraction of sp³-hybridized carbons (Fsp3) is 0.857. The van der Waals surface area contributed by atoms with Crippen molar-refractivity contribution in [3.63, 3.8) is 0 Å². The maximum atomic E-state index is 9.80. The molecule has 0 heterocycles. The number of carbonyl (C=O) groups is 1. The van der Waals surface area contributed by atoms with Crippen LogP contribution in [-0.4, -0.2) is 31.2 Å². The number of rotatable bonds is 7. The number of ether oxygens (including phenoxy) is 1. The van der Waals surface area contributed by atoms with Gasteiger partial charge in [-0.15, -0.1) is 0 Å². The molecule has 0 amide bonds. The van der Waals surface area contributed by atoms with E-state index in [1.165, 1.54) is 0 Å². The molecule has 0 saturated carbocycles. The van der Waals surface area contributed by atoms with Crippen LogP contribution in [0.2, 0.25) is 0 Å². The summed E-state index contributed by atoms with van der Waals surface area (Å²) in [5.74, 6) is 0. The van der Waals surface area contributed by atoms with Gasteiger partial charge in [-0.1, -0.05) is 0 Å². The summed E-state index contributed by atoms with van der Waals surface area (Å²) in [5, 5.41) is 8.33. The number of unbranched alkanes of at least 4 members (excludes halogenated alkanes) is 1. The predicted octanol–water partition coefficient (Wildman–Crippen LogP) is 0.364. The van der Waals surface area contributed by atoms with Crippen molar-refractivity contribution in [2.24, 2.45) is 0 Å². The second kappa shape index (κ2) is 8.59. The van der Waals surface area contributed by atoms with E-state index in [9.17, 15) is 4.79 Å². The average Bonchev–Trinajstić information content (AvgIpc) is 1.97. The fourth-order valence-electron chi connectivity index (χ4n) is 0.537. The van der Waals surface area contributed by atoms with Gasteiger partial charge in [-0.25, -0.2) is 0 Å². The zero-order valence-corrected chi connectivity index (χ0v) is 6.08. The summed E-state index contributed by atoms with van der Waals surface area (Å²) in [5.41, 5.74) is 0. The number of hydrogen-bond acceptors (Lipinski definition) is 3. The minimum absolute atomic E-state index is 0.174. The molecule has 0 unspecified atom stereocenters. The third kappa shape index (κ3) is 7.59. The molecule has 3 heteroatoms. The van der Waals surface area contributed by atoms with Gasteiger partial charge in [-0.2, -0.15) is 0 Å². The molecule has 3 nitrogen and oxygen atoms in total. The van der Waals surface area contributed by atoms with Crippen molar-refractivity contribution < 1.29 is 14.6 Å². The van der Waals surface area contributed by atoms with Gasteiger partial charge in [0.25, 0.3) is 0 Å². The molecule has 0 aliphatic rings. The van der Waals surface area contributed by atoms with E-state index >= 15 is 0 Å². The molecule has 0 aromatic heterocycles. The summed E-state index contributed by atoms with van der Waals surface area (Å²) < 4.78 is 5.06. The van der Waals surface area contributed by atoms with Gasteiger partial charge in [0.1, 0.15) is 6.29 Å². The summed E-state index contributed by atoms with van der Waals surface area (Å²) >= 11 is 0. The monoisotopic (exact) mass is 146 g/mol. The van der Waals surface area contributed by atoms with Gasteiger partial charge < -0.3 is 14.6 Å². The standard InChI is InChI=1S/C7H14O3/c8-4-1-2-6-10-7-3-5-9/h4,9H,1-3,5-7H2. The first kappa shape index (κ1) is 9.59. The normalized spacial score (nSPS) is 9.70. The number of carbonyl (C=O) groups excluding carboxylic acids is 1. The Morgan fingerprint density at radius 2 is 2.00 bits per heavy atom. The minimum Gasteiger partial charge on any atom is -0.396 e. The van der Waals surface area contributed by atoms with Crippen molar-refractivity contribution >= 4 is 6.29 Å². The van der Waals surface area contributed by atoms with E-state index in [1.807, 2.05) is 0 Å². The summed E-state index contributed by atoms with van der Waals surface area (Å²) in [6, 6.07) is 0. The molecule has 0 radical (unpaired) electrons. The summed E-state index contributed by atoms with van der Waals surface area (Å²) in [6.07, 6.45) is 2.92. The second-order valence-corrected chi connectivity index (χ2v) is 2.00. The van der Waals surface area contributed by atoms with Gasteiger partial charge in [0, 0.05) is 26.2 Å².